The Bertz CT molecular complexity index is 596. The van der Waals surface area contributed by atoms with Crippen LogP contribution in [0.2, 0.25) is 0 Å². The molecule has 0 radical (unpaired) electrons. The summed E-state index contributed by atoms with van der Waals surface area (Å²) in [4.78, 5) is 22.6. The molecule has 0 spiro atoms. The van der Waals surface area contributed by atoms with Gasteiger partial charge in [0.05, 0.1) is 12.4 Å². The average molecular weight is 298 g/mol. The first-order valence-corrected chi connectivity index (χ1v) is 7.52. The Labute approximate surface area is 131 Å². The molecule has 0 saturated heterocycles. The van der Waals surface area contributed by atoms with Crippen LogP contribution in [0, 0.1) is 0 Å². The Morgan fingerprint density at radius 3 is 2.45 bits per heavy atom. The van der Waals surface area contributed by atoms with Crippen molar-refractivity contribution in [3.05, 3.63) is 54.0 Å². The molecule has 0 unspecified atom stereocenters. The minimum atomic E-state index is -0.194. The third kappa shape index (κ3) is 4.28. The van der Waals surface area contributed by atoms with Crippen LogP contribution in [0.5, 0.6) is 0 Å². The van der Waals surface area contributed by atoms with Crippen molar-refractivity contribution < 1.29 is 4.79 Å². The topological polar surface area (TPSA) is 58.1 Å². The van der Waals surface area contributed by atoms with Crippen molar-refractivity contribution in [2.45, 2.75) is 33.4 Å². The van der Waals surface area contributed by atoms with Gasteiger partial charge in [0.25, 0.3) is 5.91 Å². The molecule has 0 fully saturated rings. The molecule has 0 aliphatic heterocycles. The first-order valence-electron chi connectivity index (χ1n) is 7.52. The molecule has 0 atom stereocenters. The molecule has 0 bridgehead atoms. The monoisotopic (exact) mass is 298 g/mol. The number of nitrogens with zero attached hydrogens (tertiary/aromatic N) is 3. The van der Waals surface area contributed by atoms with E-state index in [0.717, 1.165) is 18.9 Å². The average Bonchev–Trinajstić information content (AvgIpc) is 2.53. The van der Waals surface area contributed by atoms with Crippen LogP contribution in [0.3, 0.4) is 0 Å². The lowest BCUT2D eigenvalue weighted by Crippen LogP contribution is -2.31. The van der Waals surface area contributed by atoms with Crippen LogP contribution in [0.25, 0.3) is 0 Å². The second kappa shape index (κ2) is 7.54. The summed E-state index contributed by atoms with van der Waals surface area (Å²) in [5.74, 6) is 0.576. The summed E-state index contributed by atoms with van der Waals surface area (Å²) in [5.41, 5.74) is 1.56. The van der Waals surface area contributed by atoms with Gasteiger partial charge in [-0.15, -0.1) is 0 Å². The van der Waals surface area contributed by atoms with Gasteiger partial charge in [-0.3, -0.25) is 4.79 Å². The van der Waals surface area contributed by atoms with E-state index in [9.17, 15) is 4.79 Å². The maximum Gasteiger partial charge on any atom is 0.271 e. The Kier molecular flexibility index (Phi) is 5.47. The zero-order chi connectivity index (χ0) is 15.9. The number of amides is 1. The minimum Gasteiger partial charge on any atom is -0.351 e. The fourth-order valence-electron chi connectivity index (χ4n) is 2.10. The number of carbonyl (C=O) groups is 1. The summed E-state index contributed by atoms with van der Waals surface area (Å²) < 4.78 is 0. The van der Waals surface area contributed by atoms with Gasteiger partial charge in [-0.1, -0.05) is 30.3 Å². The standard InChI is InChI=1S/C17H22N4O/c1-4-21(12-14-8-6-5-7-9-14)16-11-18-15(10-19-16)17(22)20-13(2)3/h5-11,13H,4,12H2,1-3H3,(H,20,22). The summed E-state index contributed by atoms with van der Waals surface area (Å²) in [7, 11) is 0. The number of rotatable bonds is 6. The molecule has 0 saturated carbocycles. The van der Waals surface area contributed by atoms with E-state index in [2.05, 4.69) is 39.2 Å². The normalized spacial score (nSPS) is 10.5. The molecule has 2 rings (SSSR count). The lowest BCUT2D eigenvalue weighted by atomic mass is 10.2. The molecular formula is C17H22N4O. The Hall–Kier alpha value is -2.43. The molecule has 1 amide bonds. The molecule has 1 aromatic heterocycles. The predicted octanol–water partition coefficient (Wildman–Crippen LogP) is 2.64. The van der Waals surface area contributed by atoms with Gasteiger partial charge in [0, 0.05) is 19.1 Å². The quantitative estimate of drug-likeness (QED) is 0.890. The number of hydrogen-bond acceptors (Lipinski definition) is 4. The van der Waals surface area contributed by atoms with Crippen LogP contribution >= 0.6 is 0 Å². The van der Waals surface area contributed by atoms with Crippen LogP contribution in [0.15, 0.2) is 42.7 Å². The lowest BCUT2D eigenvalue weighted by Gasteiger charge is -2.21. The van der Waals surface area contributed by atoms with Crippen molar-refractivity contribution >= 4 is 11.7 Å². The number of benzene rings is 1. The smallest absolute Gasteiger partial charge is 0.271 e. The third-order valence-corrected chi connectivity index (χ3v) is 3.21. The van der Waals surface area contributed by atoms with Crippen molar-refractivity contribution in [1.29, 1.82) is 0 Å². The van der Waals surface area contributed by atoms with Crippen LogP contribution in [0.1, 0.15) is 36.8 Å². The van der Waals surface area contributed by atoms with Crippen molar-refractivity contribution in [2.24, 2.45) is 0 Å². The van der Waals surface area contributed by atoms with Gasteiger partial charge >= 0.3 is 0 Å². The van der Waals surface area contributed by atoms with Gasteiger partial charge in [-0.05, 0) is 26.3 Å². The molecule has 116 valence electrons. The predicted molar refractivity (Wildman–Crippen MR) is 87.8 cm³/mol. The summed E-state index contributed by atoms with van der Waals surface area (Å²) in [6, 6.07) is 10.3. The molecule has 5 heteroatoms. The molecule has 5 nitrogen and oxygen atoms in total. The number of aromatic nitrogens is 2. The van der Waals surface area contributed by atoms with Crippen molar-refractivity contribution in [1.82, 2.24) is 15.3 Å². The van der Waals surface area contributed by atoms with Crippen molar-refractivity contribution in [2.75, 3.05) is 11.4 Å². The molecule has 1 N–H and O–H groups in total. The number of nitrogens with one attached hydrogen (secondary N) is 1. The second-order valence-electron chi connectivity index (χ2n) is 5.39. The second-order valence-corrected chi connectivity index (χ2v) is 5.39. The molecule has 0 aliphatic rings. The molecule has 22 heavy (non-hydrogen) atoms. The number of carbonyl (C=O) groups excluding carboxylic acids is 1. The van der Waals surface area contributed by atoms with E-state index in [1.807, 2.05) is 32.0 Å². The summed E-state index contributed by atoms with van der Waals surface area (Å²) >= 11 is 0. The highest BCUT2D eigenvalue weighted by atomic mass is 16.1. The summed E-state index contributed by atoms with van der Waals surface area (Å²) in [6.07, 6.45) is 3.18. The highest BCUT2D eigenvalue weighted by Crippen LogP contribution is 2.13. The molecule has 0 aliphatic carbocycles. The van der Waals surface area contributed by atoms with E-state index in [4.69, 9.17) is 0 Å². The first-order chi connectivity index (χ1) is 10.6. The fraction of sp³-hybridized carbons (Fsp3) is 0.353. The SMILES string of the molecule is CCN(Cc1ccccc1)c1cnc(C(=O)NC(C)C)cn1. The molecule has 1 heterocycles. The van der Waals surface area contributed by atoms with E-state index in [1.54, 1.807) is 6.20 Å². The number of hydrogen-bond donors (Lipinski definition) is 1. The molecular weight excluding hydrogens is 276 g/mol. The van der Waals surface area contributed by atoms with Crippen molar-refractivity contribution in [3.8, 4) is 0 Å². The maximum atomic E-state index is 11.9. The van der Waals surface area contributed by atoms with E-state index < -0.39 is 0 Å². The van der Waals surface area contributed by atoms with Gasteiger partial charge in [0.2, 0.25) is 0 Å². The Morgan fingerprint density at radius 1 is 1.18 bits per heavy atom. The van der Waals surface area contributed by atoms with Gasteiger partial charge in [-0.25, -0.2) is 9.97 Å². The van der Waals surface area contributed by atoms with Gasteiger partial charge < -0.3 is 10.2 Å². The number of anilines is 1. The summed E-state index contributed by atoms with van der Waals surface area (Å²) in [6.45, 7) is 7.49. The van der Waals surface area contributed by atoms with Crippen LogP contribution in [-0.2, 0) is 6.54 Å². The lowest BCUT2D eigenvalue weighted by molar-refractivity contribution is 0.0937. The van der Waals surface area contributed by atoms with Gasteiger partial charge in [0.1, 0.15) is 11.5 Å². The maximum absolute atomic E-state index is 11.9. The van der Waals surface area contributed by atoms with Crippen molar-refractivity contribution in [3.63, 3.8) is 0 Å². The van der Waals surface area contributed by atoms with E-state index in [0.29, 0.717) is 5.69 Å². The zero-order valence-corrected chi connectivity index (χ0v) is 13.3. The fourth-order valence-corrected chi connectivity index (χ4v) is 2.10. The van der Waals surface area contributed by atoms with Crippen LogP contribution in [0.4, 0.5) is 5.82 Å². The summed E-state index contributed by atoms with van der Waals surface area (Å²) in [5, 5.41) is 2.81. The van der Waals surface area contributed by atoms with Crippen LogP contribution in [-0.4, -0.2) is 28.5 Å². The highest BCUT2D eigenvalue weighted by molar-refractivity contribution is 5.92. The minimum absolute atomic E-state index is 0.0826. The first kappa shape index (κ1) is 15.9. The van der Waals surface area contributed by atoms with E-state index in [-0.39, 0.29) is 11.9 Å². The largest absolute Gasteiger partial charge is 0.351 e. The zero-order valence-electron chi connectivity index (χ0n) is 13.3. The Morgan fingerprint density at radius 2 is 1.91 bits per heavy atom. The third-order valence-electron chi connectivity index (χ3n) is 3.21. The highest BCUT2D eigenvalue weighted by Gasteiger charge is 2.11. The van der Waals surface area contributed by atoms with Crippen LogP contribution < -0.4 is 10.2 Å². The molecule has 2 aromatic rings. The molecule has 1 aromatic carbocycles. The van der Waals surface area contributed by atoms with Gasteiger partial charge in [0.15, 0.2) is 0 Å². The van der Waals surface area contributed by atoms with Gasteiger partial charge in [-0.2, -0.15) is 0 Å². The van der Waals surface area contributed by atoms with E-state index in [1.165, 1.54) is 11.8 Å². The Balaban J connectivity index is 2.09. The van der Waals surface area contributed by atoms with E-state index >= 15 is 0 Å².